The van der Waals surface area contributed by atoms with Crippen LogP contribution in [0.3, 0.4) is 0 Å². The van der Waals surface area contributed by atoms with Crippen molar-refractivity contribution >= 4 is 39.1 Å². The van der Waals surface area contributed by atoms with Gasteiger partial charge in [0, 0.05) is 10.0 Å². The molecular weight excluding hydrogens is 357 g/mol. The first-order valence-corrected chi connectivity index (χ1v) is 7.11. The number of hydrogen-bond acceptors (Lipinski definition) is 0. The molecule has 0 radical (unpaired) electrons. The van der Waals surface area contributed by atoms with Gasteiger partial charge in [-0.2, -0.15) is 0 Å². The summed E-state index contributed by atoms with van der Waals surface area (Å²) in [6.07, 6.45) is 0.198. The zero-order valence-electron chi connectivity index (χ0n) is 9.64. The molecule has 0 aromatic heterocycles. The molecular formula is C14H9BrCl2F2. The van der Waals surface area contributed by atoms with Crippen LogP contribution in [-0.2, 0) is 6.42 Å². The molecule has 0 bridgehead atoms. The van der Waals surface area contributed by atoms with Gasteiger partial charge in [0.25, 0.3) is 0 Å². The van der Waals surface area contributed by atoms with Crippen molar-refractivity contribution in [2.45, 2.75) is 11.8 Å². The van der Waals surface area contributed by atoms with Gasteiger partial charge in [-0.1, -0.05) is 29.8 Å². The van der Waals surface area contributed by atoms with Gasteiger partial charge in [-0.3, -0.25) is 0 Å². The van der Waals surface area contributed by atoms with E-state index in [2.05, 4.69) is 15.9 Å². The summed E-state index contributed by atoms with van der Waals surface area (Å²) in [7, 11) is 0. The van der Waals surface area contributed by atoms with Gasteiger partial charge in [-0.05, 0) is 46.1 Å². The van der Waals surface area contributed by atoms with Crippen LogP contribution in [-0.4, -0.2) is 0 Å². The summed E-state index contributed by atoms with van der Waals surface area (Å²) in [5.41, 5.74) is 0.707. The minimum atomic E-state index is -0.678. The Hall–Kier alpha value is -0.640. The predicted octanol–water partition coefficient (Wildman–Crippen LogP) is 5.90. The lowest BCUT2D eigenvalue weighted by atomic mass is 10.0. The SMILES string of the molecule is Fc1ccccc1CC(Cl)c1cc(Cl)c(Br)cc1F. The molecule has 1 unspecified atom stereocenters. The second-order valence-corrected chi connectivity index (χ2v) is 5.84. The monoisotopic (exact) mass is 364 g/mol. The van der Waals surface area contributed by atoms with Gasteiger partial charge >= 0.3 is 0 Å². The molecule has 0 aliphatic carbocycles. The maximum atomic E-state index is 13.8. The van der Waals surface area contributed by atoms with Crippen LogP contribution in [0, 0.1) is 11.6 Å². The van der Waals surface area contributed by atoms with Crippen molar-refractivity contribution in [2.24, 2.45) is 0 Å². The molecule has 19 heavy (non-hydrogen) atoms. The lowest BCUT2D eigenvalue weighted by Gasteiger charge is -2.12. The Balaban J connectivity index is 2.28. The van der Waals surface area contributed by atoms with E-state index in [1.807, 2.05) is 0 Å². The second-order valence-electron chi connectivity index (χ2n) is 4.05. The molecule has 0 saturated carbocycles. The molecule has 0 fully saturated rings. The van der Waals surface area contributed by atoms with E-state index in [-0.39, 0.29) is 17.8 Å². The molecule has 2 rings (SSSR count). The van der Waals surface area contributed by atoms with Crippen molar-refractivity contribution in [2.75, 3.05) is 0 Å². The van der Waals surface area contributed by atoms with Crippen LogP contribution in [0.2, 0.25) is 5.02 Å². The highest BCUT2D eigenvalue weighted by Gasteiger charge is 2.17. The molecule has 100 valence electrons. The number of hydrogen-bond donors (Lipinski definition) is 0. The molecule has 0 N–H and O–H groups in total. The highest BCUT2D eigenvalue weighted by atomic mass is 79.9. The summed E-state index contributed by atoms with van der Waals surface area (Å²) in [5, 5.41) is -0.307. The van der Waals surface area contributed by atoms with Crippen LogP contribution in [0.15, 0.2) is 40.9 Å². The molecule has 0 aliphatic rings. The Morgan fingerprint density at radius 2 is 1.79 bits per heavy atom. The molecule has 2 aromatic rings. The Morgan fingerprint density at radius 1 is 1.11 bits per heavy atom. The quantitative estimate of drug-likeness (QED) is 0.469. The van der Waals surface area contributed by atoms with Crippen molar-refractivity contribution in [3.63, 3.8) is 0 Å². The summed E-state index contributed by atoms with van der Waals surface area (Å²) in [6.45, 7) is 0. The zero-order valence-corrected chi connectivity index (χ0v) is 12.7. The fraction of sp³-hybridized carbons (Fsp3) is 0.143. The van der Waals surface area contributed by atoms with E-state index < -0.39 is 11.2 Å². The van der Waals surface area contributed by atoms with Crippen LogP contribution in [0.4, 0.5) is 8.78 Å². The van der Waals surface area contributed by atoms with E-state index in [4.69, 9.17) is 23.2 Å². The Kier molecular flexibility index (Phi) is 4.82. The zero-order chi connectivity index (χ0) is 14.0. The third-order valence-corrected chi connectivity index (χ3v) is 4.32. The normalized spacial score (nSPS) is 12.5. The predicted molar refractivity (Wildman–Crippen MR) is 77.8 cm³/mol. The Morgan fingerprint density at radius 3 is 2.47 bits per heavy atom. The second kappa shape index (κ2) is 6.21. The first kappa shape index (κ1) is 14.8. The highest BCUT2D eigenvalue weighted by molar-refractivity contribution is 9.10. The summed E-state index contributed by atoms with van der Waals surface area (Å²) < 4.78 is 27.8. The lowest BCUT2D eigenvalue weighted by Crippen LogP contribution is -2.01. The van der Waals surface area contributed by atoms with E-state index in [0.717, 1.165) is 0 Å². The van der Waals surface area contributed by atoms with Crippen LogP contribution < -0.4 is 0 Å². The number of benzene rings is 2. The Labute approximate surface area is 128 Å². The lowest BCUT2D eigenvalue weighted by molar-refractivity contribution is 0.591. The van der Waals surface area contributed by atoms with Crippen molar-refractivity contribution < 1.29 is 8.78 Å². The summed E-state index contributed by atoms with van der Waals surface area (Å²) in [5.74, 6) is -0.815. The molecule has 0 spiro atoms. The van der Waals surface area contributed by atoms with E-state index in [0.29, 0.717) is 15.1 Å². The minimum absolute atomic E-state index is 0.198. The fourth-order valence-corrected chi connectivity index (χ4v) is 2.57. The molecule has 0 heterocycles. The smallest absolute Gasteiger partial charge is 0.129 e. The highest BCUT2D eigenvalue weighted by Crippen LogP contribution is 2.33. The van der Waals surface area contributed by atoms with Gasteiger partial charge in [-0.15, -0.1) is 11.6 Å². The van der Waals surface area contributed by atoms with Crippen molar-refractivity contribution in [3.8, 4) is 0 Å². The van der Waals surface area contributed by atoms with E-state index in [1.54, 1.807) is 18.2 Å². The van der Waals surface area contributed by atoms with Crippen LogP contribution in [0.1, 0.15) is 16.5 Å². The Bertz CT molecular complexity index is 602. The van der Waals surface area contributed by atoms with Crippen LogP contribution in [0.25, 0.3) is 0 Å². The molecule has 0 amide bonds. The van der Waals surface area contributed by atoms with E-state index >= 15 is 0 Å². The summed E-state index contributed by atoms with van der Waals surface area (Å²) in [6, 6.07) is 9.01. The third kappa shape index (κ3) is 3.47. The average molecular weight is 366 g/mol. The summed E-state index contributed by atoms with van der Waals surface area (Å²) >= 11 is 15.2. The fourth-order valence-electron chi connectivity index (χ4n) is 1.74. The average Bonchev–Trinajstić information content (AvgIpc) is 2.36. The van der Waals surface area contributed by atoms with Gasteiger partial charge in [0.1, 0.15) is 11.6 Å². The number of rotatable bonds is 3. The third-order valence-electron chi connectivity index (χ3n) is 2.73. The molecule has 5 heteroatoms. The molecule has 2 aromatic carbocycles. The largest absolute Gasteiger partial charge is 0.207 e. The topological polar surface area (TPSA) is 0 Å². The van der Waals surface area contributed by atoms with Gasteiger partial charge in [0.05, 0.1) is 10.4 Å². The van der Waals surface area contributed by atoms with E-state index in [9.17, 15) is 8.78 Å². The van der Waals surface area contributed by atoms with Crippen LogP contribution in [0.5, 0.6) is 0 Å². The van der Waals surface area contributed by atoms with E-state index in [1.165, 1.54) is 18.2 Å². The van der Waals surface area contributed by atoms with Crippen molar-refractivity contribution in [1.82, 2.24) is 0 Å². The first-order valence-electron chi connectivity index (χ1n) is 5.51. The van der Waals surface area contributed by atoms with Gasteiger partial charge in [0.15, 0.2) is 0 Å². The number of alkyl halides is 1. The van der Waals surface area contributed by atoms with Crippen molar-refractivity contribution in [1.29, 1.82) is 0 Å². The maximum Gasteiger partial charge on any atom is 0.129 e. The standard InChI is InChI=1S/C14H9BrCl2F2/c15-10-7-14(19)9(6-12(10)17)11(16)5-8-3-1-2-4-13(8)18/h1-4,6-7,11H,5H2. The molecule has 1 atom stereocenters. The van der Waals surface area contributed by atoms with Gasteiger partial charge in [0.2, 0.25) is 0 Å². The minimum Gasteiger partial charge on any atom is -0.207 e. The molecule has 0 aliphatic heterocycles. The van der Waals surface area contributed by atoms with Crippen LogP contribution >= 0.6 is 39.1 Å². The maximum absolute atomic E-state index is 13.8. The molecule has 0 nitrogen and oxygen atoms in total. The molecule has 0 saturated heterocycles. The first-order chi connectivity index (χ1) is 8.99. The van der Waals surface area contributed by atoms with Crippen molar-refractivity contribution in [3.05, 3.63) is 68.7 Å². The van der Waals surface area contributed by atoms with Gasteiger partial charge < -0.3 is 0 Å². The summed E-state index contributed by atoms with van der Waals surface area (Å²) in [4.78, 5) is 0. The van der Waals surface area contributed by atoms with Gasteiger partial charge in [-0.25, -0.2) is 8.78 Å². The number of halogens is 5.